The molecule has 104 valence electrons. The highest BCUT2D eigenvalue weighted by Gasteiger charge is 2.43. The molecule has 2 saturated heterocycles. The minimum absolute atomic E-state index is 0.222. The van der Waals surface area contributed by atoms with Crippen molar-refractivity contribution < 1.29 is 14.3 Å². The number of nitrogens with zero attached hydrogens (tertiary/aromatic N) is 1. The van der Waals surface area contributed by atoms with Crippen molar-refractivity contribution in [3.05, 3.63) is 11.6 Å². The highest BCUT2D eigenvalue weighted by atomic mass is 16.6. The van der Waals surface area contributed by atoms with Gasteiger partial charge in [-0.15, -0.1) is 0 Å². The van der Waals surface area contributed by atoms with Crippen LogP contribution < -0.4 is 5.32 Å². The zero-order valence-corrected chi connectivity index (χ0v) is 11.1. The zero-order valence-electron chi connectivity index (χ0n) is 11.1. The van der Waals surface area contributed by atoms with Crippen molar-refractivity contribution in [2.75, 3.05) is 19.6 Å². The first kappa shape index (κ1) is 12.5. The van der Waals surface area contributed by atoms with E-state index >= 15 is 0 Å². The number of amides is 2. The lowest BCUT2D eigenvalue weighted by Gasteiger charge is -2.37. The smallest absolute Gasteiger partial charge is 0.407 e. The molecule has 1 spiro atoms. The van der Waals surface area contributed by atoms with Gasteiger partial charge < -0.3 is 15.0 Å². The number of alkyl carbamates (subject to hydrolysis) is 1. The minimum atomic E-state index is -0.361. The van der Waals surface area contributed by atoms with E-state index in [4.69, 9.17) is 4.74 Å². The number of likely N-dealkylation sites (tertiary alicyclic amines) is 1. The van der Waals surface area contributed by atoms with Crippen LogP contribution in [0.3, 0.4) is 0 Å². The molecule has 0 bridgehead atoms. The summed E-state index contributed by atoms with van der Waals surface area (Å²) in [5.41, 5.74) is 0.930. The third kappa shape index (κ3) is 2.60. The maximum atomic E-state index is 12.2. The Labute approximate surface area is 113 Å². The van der Waals surface area contributed by atoms with Gasteiger partial charge >= 0.3 is 6.09 Å². The zero-order chi connectivity index (χ0) is 13.3. The number of rotatable bonds is 2. The lowest BCUT2D eigenvalue weighted by Crippen LogP contribution is -2.48. The van der Waals surface area contributed by atoms with Gasteiger partial charge in [0.1, 0.15) is 5.60 Å². The summed E-state index contributed by atoms with van der Waals surface area (Å²) >= 11 is 0. The van der Waals surface area contributed by atoms with E-state index in [9.17, 15) is 9.59 Å². The molecule has 0 unspecified atom stereocenters. The normalized spacial score (nSPS) is 25.2. The number of ether oxygens (including phenoxy) is 1. The fraction of sp³-hybridized carbons (Fsp3) is 0.714. The molecule has 2 fully saturated rings. The van der Waals surface area contributed by atoms with Crippen molar-refractivity contribution in [2.24, 2.45) is 0 Å². The van der Waals surface area contributed by atoms with Gasteiger partial charge in [0.25, 0.3) is 0 Å². The Bertz CT molecular complexity index is 422. The Hall–Kier alpha value is -1.52. The monoisotopic (exact) mass is 264 g/mol. The molecule has 0 atom stereocenters. The average molecular weight is 264 g/mol. The Morgan fingerprint density at radius 2 is 2.21 bits per heavy atom. The summed E-state index contributed by atoms with van der Waals surface area (Å²) in [4.78, 5) is 25.2. The van der Waals surface area contributed by atoms with Gasteiger partial charge in [-0.25, -0.2) is 4.79 Å². The molecule has 19 heavy (non-hydrogen) atoms. The third-order valence-electron chi connectivity index (χ3n) is 4.40. The molecule has 3 aliphatic rings. The fourth-order valence-electron chi connectivity index (χ4n) is 3.15. The van der Waals surface area contributed by atoms with Crippen LogP contribution in [0.4, 0.5) is 4.79 Å². The van der Waals surface area contributed by atoms with E-state index in [1.165, 1.54) is 12.0 Å². The summed E-state index contributed by atoms with van der Waals surface area (Å²) in [6, 6.07) is 0. The number of hydrogen-bond donors (Lipinski definition) is 1. The van der Waals surface area contributed by atoms with E-state index in [-0.39, 0.29) is 17.6 Å². The highest BCUT2D eigenvalue weighted by molar-refractivity contribution is 5.79. The topological polar surface area (TPSA) is 58.6 Å². The molecular formula is C14H20N2O3. The predicted molar refractivity (Wildman–Crippen MR) is 69.6 cm³/mol. The number of carbonyl (C=O) groups is 2. The van der Waals surface area contributed by atoms with Crippen LogP contribution in [0.25, 0.3) is 0 Å². The van der Waals surface area contributed by atoms with Gasteiger partial charge in [-0.2, -0.15) is 0 Å². The maximum absolute atomic E-state index is 12.2. The Morgan fingerprint density at radius 1 is 1.42 bits per heavy atom. The number of hydrogen-bond acceptors (Lipinski definition) is 3. The summed E-state index contributed by atoms with van der Waals surface area (Å²) in [7, 11) is 0. The molecule has 0 aromatic rings. The number of piperidine rings is 1. The number of carbonyl (C=O) groups excluding carboxylic acids is 2. The standard InChI is InChI=1S/C14H20N2O3/c17-12(9-11-3-1-2-4-11)16-7-5-14(6-8-16)10-15-13(18)19-14/h3H,1-2,4-10H2,(H,15,18). The lowest BCUT2D eigenvalue weighted by molar-refractivity contribution is -0.133. The second kappa shape index (κ2) is 4.87. The first-order valence-corrected chi connectivity index (χ1v) is 7.09. The minimum Gasteiger partial charge on any atom is -0.441 e. The molecule has 0 aromatic carbocycles. The summed E-state index contributed by atoms with van der Waals surface area (Å²) < 4.78 is 5.35. The molecular weight excluding hydrogens is 244 g/mol. The van der Waals surface area contributed by atoms with Crippen molar-refractivity contribution >= 4 is 12.0 Å². The lowest BCUT2D eigenvalue weighted by atomic mass is 9.91. The van der Waals surface area contributed by atoms with E-state index in [1.54, 1.807) is 0 Å². The second-order valence-corrected chi connectivity index (χ2v) is 5.74. The van der Waals surface area contributed by atoms with Crippen LogP contribution in [0.5, 0.6) is 0 Å². The van der Waals surface area contributed by atoms with E-state index in [0.717, 1.165) is 25.7 Å². The van der Waals surface area contributed by atoms with Crippen molar-refractivity contribution in [3.63, 3.8) is 0 Å². The molecule has 0 radical (unpaired) electrons. The van der Waals surface area contributed by atoms with Crippen molar-refractivity contribution in [2.45, 2.75) is 44.1 Å². The summed E-state index contributed by atoms with van der Waals surface area (Å²) in [5.74, 6) is 0.222. The van der Waals surface area contributed by atoms with Crippen LogP contribution >= 0.6 is 0 Å². The van der Waals surface area contributed by atoms with Crippen molar-refractivity contribution in [3.8, 4) is 0 Å². The predicted octanol–water partition coefficient (Wildman–Crippen LogP) is 1.59. The Kier molecular flexibility index (Phi) is 3.21. The molecule has 0 saturated carbocycles. The number of allylic oxidation sites excluding steroid dienone is 1. The third-order valence-corrected chi connectivity index (χ3v) is 4.40. The van der Waals surface area contributed by atoms with Crippen LogP contribution in [-0.2, 0) is 9.53 Å². The second-order valence-electron chi connectivity index (χ2n) is 5.74. The van der Waals surface area contributed by atoms with Gasteiger partial charge in [0.15, 0.2) is 0 Å². The molecule has 1 N–H and O–H groups in total. The highest BCUT2D eigenvalue weighted by Crippen LogP contribution is 2.30. The largest absolute Gasteiger partial charge is 0.441 e. The van der Waals surface area contributed by atoms with E-state index in [0.29, 0.717) is 26.1 Å². The van der Waals surface area contributed by atoms with Crippen LogP contribution in [0, 0.1) is 0 Å². The summed E-state index contributed by atoms with van der Waals surface area (Å²) in [6.45, 7) is 1.97. The molecule has 2 amide bonds. The molecule has 5 heteroatoms. The quantitative estimate of drug-likeness (QED) is 0.770. The van der Waals surface area contributed by atoms with Crippen LogP contribution in [-0.4, -0.2) is 42.1 Å². The molecule has 3 rings (SSSR count). The van der Waals surface area contributed by atoms with Crippen LogP contribution in [0.15, 0.2) is 11.6 Å². The van der Waals surface area contributed by atoms with Crippen LogP contribution in [0.2, 0.25) is 0 Å². The van der Waals surface area contributed by atoms with E-state index in [2.05, 4.69) is 11.4 Å². The fourth-order valence-corrected chi connectivity index (χ4v) is 3.15. The van der Waals surface area contributed by atoms with E-state index < -0.39 is 0 Å². The van der Waals surface area contributed by atoms with E-state index in [1.807, 2.05) is 4.90 Å². The summed E-state index contributed by atoms with van der Waals surface area (Å²) in [5, 5.41) is 2.71. The van der Waals surface area contributed by atoms with Gasteiger partial charge in [-0.1, -0.05) is 11.6 Å². The summed E-state index contributed by atoms with van der Waals surface area (Å²) in [6.07, 6.45) is 7.33. The Balaban J connectivity index is 1.52. The van der Waals surface area contributed by atoms with Crippen molar-refractivity contribution in [1.82, 2.24) is 10.2 Å². The average Bonchev–Trinajstić information content (AvgIpc) is 3.01. The van der Waals surface area contributed by atoms with Gasteiger partial charge in [0.2, 0.25) is 5.91 Å². The molecule has 2 aliphatic heterocycles. The van der Waals surface area contributed by atoms with Gasteiger partial charge in [0.05, 0.1) is 6.54 Å². The molecule has 0 aromatic heterocycles. The molecule has 5 nitrogen and oxygen atoms in total. The van der Waals surface area contributed by atoms with Crippen molar-refractivity contribution in [1.29, 1.82) is 0 Å². The first-order chi connectivity index (χ1) is 9.17. The number of nitrogens with one attached hydrogen (secondary N) is 1. The first-order valence-electron chi connectivity index (χ1n) is 7.09. The SMILES string of the molecule is O=C1NCC2(CCN(C(=O)CC3=CCCC3)CC2)O1. The Morgan fingerprint density at radius 3 is 2.79 bits per heavy atom. The molecule has 2 heterocycles. The maximum Gasteiger partial charge on any atom is 0.407 e. The van der Waals surface area contributed by atoms with Gasteiger partial charge in [-0.05, 0) is 19.3 Å². The van der Waals surface area contributed by atoms with Crippen LogP contribution in [0.1, 0.15) is 38.5 Å². The van der Waals surface area contributed by atoms with Gasteiger partial charge in [-0.3, -0.25) is 4.79 Å². The van der Waals surface area contributed by atoms with Gasteiger partial charge in [0, 0.05) is 32.4 Å². The molecule has 1 aliphatic carbocycles.